The molecule has 4 rings (SSSR count). The van der Waals surface area contributed by atoms with Gasteiger partial charge in [-0.3, -0.25) is 4.99 Å². The van der Waals surface area contributed by atoms with E-state index >= 15 is 0 Å². The van der Waals surface area contributed by atoms with Gasteiger partial charge in [0.05, 0.1) is 16.0 Å². The van der Waals surface area contributed by atoms with Gasteiger partial charge in [-0.1, -0.05) is 30.3 Å². The lowest BCUT2D eigenvalue weighted by molar-refractivity contribution is 0.600. The van der Waals surface area contributed by atoms with Gasteiger partial charge in [0.25, 0.3) is 0 Å². The second kappa shape index (κ2) is 6.14. The number of nitrogens with zero attached hydrogens (tertiary/aromatic N) is 2. The summed E-state index contributed by atoms with van der Waals surface area (Å²) < 4.78 is 48.9. The summed E-state index contributed by atoms with van der Waals surface area (Å²) in [4.78, 5) is 9.04. The number of rotatable bonds is 4. The van der Waals surface area contributed by atoms with Crippen LogP contribution in [0.25, 0.3) is 0 Å². The number of hydrogen-bond acceptors (Lipinski definition) is 7. The van der Waals surface area contributed by atoms with Crippen molar-refractivity contribution in [2.45, 2.75) is 16.0 Å². The van der Waals surface area contributed by atoms with Crippen molar-refractivity contribution in [1.82, 2.24) is 5.32 Å². The Morgan fingerprint density at radius 3 is 2.19 bits per heavy atom. The fraction of sp³-hybridized carbons (Fsp3) is 0.111. The molecule has 9 heteroatoms. The molecule has 0 amide bonds. The quantitative estimate of drug-likeness (QED) is 0.842. The third-order valence-corrected chi connectivity index (χ3v) is 7.17. The van der Waals surface area contributed by atoms with E-state index in [1.807, 2.05) is 0 Å². The van der Waals surface area contributed by atoms with Gasteiger partial charge in [-0.25, -0.2) is 21.8 Å². The van der Waals surface area contributed by atoms with E-state index in [9.17, 15) is 16.8 Å². The van der Waals surface area contributed by atoms with Crippen molar-refractivity contribution in [3.05, 3.63) is 71.3 Å². The second-order valence-corrected chi connectivity index (χ2v) is 10.1. The van der Waals surface area contributed by atoms with Crippen molar-refractivity contribution >= 4 is 31.2 Å². The Bertz CT molecular complexity index is 1210. The van der Waals surface area contributed by atoms with Gasteiger partial charge in [-0.2, -0.15) is 0 Å². The molecular weight excluding hydrogens is 386 g/mol. The smallest absolute Gasteiger partial charge is 0.210 e. The molecule has 2 heterocycles. The summed E-state index contributed by atoms with van der Waals surface area (Å²) in [7, 11) is -7.01. The molecule has 0 aliphatic carbocycles. The highest BCUT2D eigenvalue weighted by Gasteiger charge is 2.36. The summed E-state index contributed by atoms with van der Waals surface area (Å²) in [6.45, 7) is 0. The van der Waals surface area contributed by atoms with Gasteiger partial charge < -0.3 is 5.32 Å². The van der Waals surface area contributed by atoms with Crippen LogP contribution in [0.2, 0.25) is 0 Å². The number of amidine groups is 1. The Morgan fingerprint density at radius 2 is 1.56 bits per heavy atom. The molecular formula is C18H15N3O4S2. The number of aliphatic imine (C=N–C) groups is 2. The van der Waals surface area contributed by atoms with Gasteiger partial charge in [0.2, 0.25) is 9.84 Å². The van der Waals surface area contributed by atoms with Gasteiger partial charge in [0.1, 0.15) is 16.8 Å². The van der Waals surface area contributed by atoms with Crippen LogP contribution in [0.3, 0.4) is 0 Å². The van der Waals surface area contributed by atoms with Crippen molar-refractivity contribution in [1.29, 1.82) is 0 Å². The molecule has 27 heavy (non-hydrogen) atoms. The lowest BCUT2D eigenvalue weighted by atomic mass is 10.2. The van der Waals surface area contributed by atoms with Crippen LogP contribution in [0.1, 0.15) is 11.7 Å². The van der Waals surface area contributed by atoms with Crippen LogP contribution in [0.5, 0.6) is 0 Å². The zero-order valence-corrected chi connectivity index (χ0v) is 15.8. The van der Waals surface area contributed by atoms with E-state index in [4.69, 9.17) is 0 Å². The first-order chi connectivity index (χ1) is 12.8. The first kappa shape index (κ1) is 17.6. The van der Waals surface area contributed by atoms with Gasteiger partial charge in [0.15, 0.2) is 15.7 Å². The molecule has 1 unspecified atom stereocenters. The predicted molar refractivity (Wildman–Crippen MR) is 102 cm³/mol. The summed E-state index contributed by atoms with van der Waals surface area (Å²) in [6.07, 6.45) is 1.91. The molecule has 0 bridgehead atoms. The molecule has 7 nitrogen and oxygen atoms in total. The van der Waals surface area contributed by atoms with Crippen LogP contribution in [-0.4, -0.2) is 34.6 Å². The fourth-order valence-electron chi connectivity index (χ4n) is 2.86. The highest BCUT2D eigenvalue weighted by molar-refractivity contribution is 7.96. The van der Waals surface area contributed by atoms with Crippen molar-refractivity contribution in [2.75, 3.05) is 6.26 Å². The fourth-order valence-corrected chi connectivity index (χ4v) is 4.86. The van der Waals surface area contributed by atoms with E-state index in [2.05, 4.69) is 15.3 Å². The van der Waals surface area contributed by atoms with Crippen molar-refractivity contribution in [2.24, 2.45) is 9.98 Å². The Morgan fingerprint density at radius 1 is 0.889 bits per heavy atom. The summed E-state index contributed by atoms with van der Waals surface area (Å²) in [6, 6.07) is 14.4. The van der Waals surface area contributed by atoms with Crippen LogP contribution in [0, 0.1) is 0 Å². The molecule has 0 aromatic heterocycles. The van der Waals surface area contributed by atoms with Gasteiger partial charge in [-0.05, 0) is 29.8 Å². The van der Waals surface area contributed by atoms with Gasteiger partial charge in [0, 0.05) is 6.26 Å². The monoisotopic (exact) mass is 401 g/mol. The molecule has 0 saturated heterocycles. The van der Waals surface area contributed by atoms with Crippen LogP contribution in [0.4, 0.5) is 0 Å². The SMILES string of the molecule is CS(=O)(=O)c1ccc(C2N=C3C(S(=O)(=O)c4ccccc4)=CN=C3N2)cc1. The lowest BCUT2D eigenvalue weighted by Gasteiger charge is -2.09. The summed E-state index contributed by atoms with van der Waals surface area (Å²) in [5.74, 6) is 0.390. The maximum atomic E-state index is 12.9. The van der Waals surface area contributed by atoms with Crippen LogP contribution in [-0.2, 0) is 19.7 Å². The van der Waals surface area contributed by atoms with Gasteiger partial charge >= 0.3 is 0 Å². The average molecular weight is 401 g/mol. The normalized spacial score (nSPS) is 19.0. The largest absolute Gasteiger partial charge is 0.343 e. The maximum Gasteiger partial charge on any atom is 0.210 e. The second-order valence-electron chi connectivity index (χ2n) is 6.15. The zero-order chi connectivity index (χ0) is 19.2. The molecule has 2 aromatic carbocycles. The number of sulfone groups is 2. The van der Waals surface area contributed by atoms with Crippen LogP contribution >= 0.6 is 0 Å². The van der Waals surface area contributed by atoms with E-state index in [1.165, 1.54) is 30.5 Å². The Kier molecular flexibility index (Phi) is 4.01. The molecule has 0 radical (unpaired) electrons. The maximum absolute atomic E-state index is 12.9. The van der Waals surface area contributed by atoms with Crippen LogP contribution in [0.15, 0.2) is 85.5 Å². The van der Waals surface area contributed by atoms with E-state index in [1.54, 1.807) is 30.3 Å². The van der Waals surface area contributed by atoms with E-state index in [-0.39, 0.29) is 20.4 Å². The van der Waals surface area contributed by atoms with Crippen molar-refractivity contribution in [3.8, 4) is 0 Å². The highest BCUT2D eigenvalue weighted by Crippen LogP contribution is 2.30. The molecule has 138 valence electrons. The summed E-state index contributed by atoms with van der Waals surface area (Å²) >= 11 is 0. The molecule has 2 aromatic rings. The third-order valence-electron chi connectivity index (χ3n) is 4.27. The molecule has 0 spiro atoms. The number of hydrogen-bond donors (Lipinski definition) is 1. The standard InChI is InChI=1S/C18H15N3O4S2/c1-26(22,23)13-9-7-12(8-10-13)17-20-16-15(11-19-18(16)21-17)27(24,25)14-5-3-2-4-6-14/h2-11,17H,1H3,(H,19,21). The van der Waals surface area contributed by atoms with E-state index in [0.29, 0.717) is 11.4 Å². The summed E-state index contributed by atoms with van der Waals surface area (Å²) in [5, 5.41) is 3.06. The zero-order valence-electron chi connectivity index (χ0n) is 14.2. The Hall–Kier alpha value is -2.78. The summed E-state index contributed by atoms with van der Waals surface area (Å²) in [5.41, 5.74) is 1.000. The Labute approximate surface area is 157 Å². The third kappa shape index (κ3) is 3.08. The number of fused-ring (bicyclic) bond motifs is 1. The molecule has 2 aliphatic heterocycles. The molecule has 1 N–H and O–H groups in total. The van der Waals surface area contributed by atoms with E-state index < -0.39 is 25.8 Å². The Balaban J connectivity index is 1.66. The minimum absolute atomic E-state index is 0.0476. The first-order valence-electron chi connectivity index (χ1n) is 8.00. The average Bonchev–Trinajstić information content (AvgIpc) is 3.22. The lowest BCUT2D eigenvalue weighted by Crippen LogP contribution is -2.25. The number of benzene rings is 2. The minimum atomic E-state index is -3.73. The first-order valence-corrected chi connectivity index (χ1v) is 11.4. The highest BCUT2D eigenvalue weighted by atomic mass is 32.2. The van der Waals surface area contributed by atoms with Gasteiger partial charge in [-0.15, -0.1) is 0 Å². The van der Waals surface area contributed by atoms with Crippen molar-refractivity contribution < 1.29 is 16.8 Å². The number of nitrogens with one attached hydrogen (secondary N) is 1. The van der Waals surface area contributed by atoms with Crippen LogP contribution < -0.4 is 5.32 Å². The molecule has 1 atom stereocenters. The molecule has 0 saturated carbocycles. The predicted octanol–water partition coefficient (Wildman–Crippen LogP) is 1.86. The van der Waals surface area contributed by atoms with Crippen molar-refractivity contribution in [3.63, 3.8) is 0 Å². The minimum Gasteiger partial charge on any atom is -0.343 e. The molecule has 2 aliphatic rings. The topological polar surface area (TPSA) is 105 Å². The molecule has 0 fully saturated rings. The van der Waals surface area contributed by atoms with E-state index in [0.717, 1.165) is 6.26 Å².